The van der Waals surface area contributed by atoms with Crippen molar-refractivity contribution in [3.63, 3.8) is 0 Å². The monoisotopic (exact) mass is 499 g/mol. The van der Waals surface area contributed by atoms with E-state index in [1.807, 2.05) is 59.5 Å². The highest BCUT2D eigenvalue weighted by Gasteiger charge is 2.31. The van der Waals surface area contributed by atoms with Crippen molar-refractivity contribution in [1.29, 1.82) is 0 Å². The molecule has 3 aromatic carbocycles. The molecule has 7 nitrogen and oxygen atoms in total. The molecule has 3 aromatic rings. The number of anilines is 1. The number of ether oxygens (including phenoxy) is 2. The number of aliphatic carboxylic acids is 2. The zero-order valence-corrected chi connectivity index (χ0v) is 20.4. The Balaban J connectivity index is 1.28. The van der Waals surface area contributed by atoms with Gasteiger partial charge < -0.3 is 24.6 Å². The summed E-state index contributed by atoms with van der Waals surface area (Å²) in [7, 11) is 0. The molecule has 0 amide bonds. The molecule has 1 unspecified atom stereocenters. The summed E-state index contributed by atoms with van der Waals surface area (Å²) in [5.41, 5.74) is 5.21. The number of hydrogen-bond acceptors (Lipinski definition) is 5. The fourth-order valence-electron chi connectivity index (χ4n) is 4.93. The standard InChI is InChI=1S/C30H29NO6/c32-28(33)9-4-16-31-19-27(30(34)35)37-29-21(7-3-8-26(29)31)13-10-20-11-14-24(15-12-20)36-25-17-22-5-1-2-6-23(22)18-25/h1-3,5-8,10-15,25,27H,4,9,16-19H2,(H,32,33)(H,34,35). The van der Waals surface area contributed by atoms with Gasteiger partial charge in [-0.15, -0.1) is 0 Å². The van der Waals surface area contributed by atoms with Gasteiger partial charge in [-0.25, -0.2) is 4.79 Å². The van der Waals surface area contributed by atoms with Crippen molar-refractivity contribution < 1.29 is 29.3 Å². The minimum absolute atomic E-state index is 0.0252. The number of carboxylic acids is 2. The van der Waals surface area contributed by atoms with Gasteiger partial charge in [0.1, 0.15) is 11.9 Å². The van der Waals surface area contributed by atoms with Crippen LogP contribution in [0.15, 0.2) is 66.7 Å². The van der Waals surface area contributed by atoms with E-state index in [0.717, 1.165) is 35.4 Å². The van der Waals surface area contributed by atoms with Crippen molar-refractivity contribution in [3.05, 3.63) is 89.0 Å². The van der Waals surface area contributed by atoms with Crippen molar-refractivity contribution in [2.75, 3.05) is 18.0 Å². The fraction of sp³-hybridized carbons (Fsp3) is 0.267. The summed E-state index contributed by atoms with van der Waals surface area (Å²) in [6.45, 7) is 0.607. The Morgan fingerprint density at radius 2 is 1.68 bits per heavy atom. The largest absolute Gasteiger partial charge is 0.490 e. The number of carboxylic acid groups (broad SMARTS) is 2. The van der Waals surface area contributed by atoms with Gasteiger partial charge in [-0.05, 0) is 41.3 Å². The first-order chi connectivity index (χ1) is 18.0. The SMILES string of the molecule is O=C(O)CCCN1CC(C(=O)O)Oc2c(C=Cc3ccc(OC4Cc5ccccc5C4)cc3)cccc21. The third kappa shape index (κ3) is 5.77. The fourth-order valence-corrected chi connectivity index (χ4v) is 4.93. The Kier molecular flexibility index (Phi) is 7.12. The summed E-state index contributed by atoms with van der Waals surface area (Å²) in [6.07, 6.45) is 5.26. The van der Waals surface area contributed by atoms with Crippen molar-refractivity contribution in [1.82, 2.24) is 0 Å². The number of rotatable bonds is 9. The smallest absolute Gasteiger partial charge is 0.346 e. The molecule has 1 aliphatic heterocycles. The molecule has 0 bridgehead atoms. The summed E-state index contributed by atoms with van der Waals surface area (Å²) < 4.78 is 12.1. The van der Waals surface area contributed by atoms with Crippen LogP contribution < -0.4 is 14.4 Å². The van der Waals surface area contributed by atoms with Gasteiger partial charge in [-0.3, -0.25) is 4.79 Å². The summed E-state index contributed by atoms with van der Waals surface area (Å²) in [5.74, 6) is -0.594. The van der Waals surface area contributed by atoms with Crippen LogP contribution in [-0.2, 0) is 22.4 Å². The van der Waals surface area contributed by atoms with Gasteiger partial charge in [-0.1, -0.05) is 60.7 Å². The van der Waals surface area contributed by atoms with Crippen LogP contribution in [0.3, 0.4) is 0 Å². The second-order valence-corrected chi connectivity index (χ2v) is 9.40. The normalized spacial score (nSPS) is 16.8. The molecule has 0 aromatic heterocycles. The molecule has 0 saturated heterocycles. The maximum atomic E-state index is 11.7. The van der Waals surface area contributed by atoms with Crippen molar-refractivity contribution >= 4 is 29.8 Å². The number of para-hydroxylation sites is 1. The maximum absolute atomic E-state index is 11.7. The van der Waals surface area contributed by atoms with E-state index in [0.29, 0.717) is 18.7 Å². The molecule has 2 N–H and O–H groups in total. The lowest BCUT2D eigenvalue weighted by atomic mass is 10.1. The van der Waals surface area contributed by atoms with E-state index in [4.69, 9.17) is 14.6 Å². The Hall–Kier alpha value is -4.26. The molecule has 0 spiro atoms. The Morgan fingerprint density at radius 3 is 2.35 bits per heavy atom. The number of benzene rings is 3. The summed E-state index contributed by atoms with van der Waals surface area (Å²) >= 11 is 0. The Bertz CT molecular complexity index is 1290. The third-order valence-electron chi connectivity index (χ3n) is 6.76. The molecule has 190 valence electrons. The summed E-state index contributed by atoms with van der Waals surface area (Å²) in [6, 6.07) is 22.0. The van der Waals surface area contributed by atoms with Crippen LogP contribution in [0.4, 0.5) is 5.69 Å². The van der Waals surface area contributed by atoms with Crippen molar-refractivity contribution in [2.24, 2.45) is 0 Å². The van der Waals surface area contributed by atoms with Crippen LogP contribution in [0, 0.1) is 0 Å². The molecule has 1 heterocycles. The lowest BCUT2D eigenvalue weighted by Crippen LogP contribution is -2.45. The average molecular weight is 500 g/mol. The molecule has 5 rings (SSSR count). The van der Waals surface area contributed by atoms with Gasteiger partial charge in [0, 0.05) is 31.4 Å². The average Bonchev–Trinajstić information content (AvgIpc) is 3.30. The molecule has 7 heteroatoms. The van der Waals surface area contributed by atoms with E-state index >= 15 is 0 Å². The predicted octanol–water partition coefficient (Wildman–Crippen LogP) is 4.92. The highest BCUT2D eigenvalue weighted by Crippen LogP contribution is 2.38. The predicted molar refractivity (Wildman–Crippen MR) is 141 cm³/mol. The van der Waals surface area contributed by atoms with Crippen LogP contribution >= 0.6 is 0 Å². The van der Waals surface area contributed by atoms with Crippen LogP contribution in [0.2, 0.25) is 0 Å². The van der Waals surface area contributed by atoms with E-state index in [1.54, 1.807) is 0 Å². The molecule has 37 heavy (non-hydrogen) atoms. The van der Waals surface area contributed by atoms with Gasteiger partial charge >= 0.3 is 11.9 Å². The molecule has 0 radical (unpaired) electrons. The van der Waals surface area contributed by atoms with Gasteiger partial charge in [-0.2, -0.15) is 0 Å². The summed E-state index contributed by atoms with van der Waals surface area (Å²) in [5, 5.41) is 18.6. The van der Waals surface area contributed by atoms with Gasteiger partial charge in [0.15, 0.2) is 5.75 Å². The topological polar surface area (TPSA) is 96.3 Å². The van der Waals surface area contributed by atoms with Crippen LogP contribution in [-0.4, -0.2) is 47.4 Å². The van der Waals surface area contributed by atoms with Crippen LogP contribution in [0.1, 0.15) is 35.1 Å². The molecular weight excluding hydrogens is 470 g/mol. The second-order valence-electron chi connectivity index (χ2n) is 9.40. The molecule has 0 saturated carbocycles. The van der Waals surface area contributed by atoms with E-state index in [9.17, 15) is 14.7 Å². The number of nitrogens with zero attached hydrogens (tertiary/aromatic N) is 1. The van der Waals surface area contributed by atoms with Crippen molar-refractivity contribution in [2.45, 2.75) is 37.9 Å². The maximum Gasteiger partial charge on any atom is 0.346 e. The van der Waals surface area contributed by atoms with Crippen molar-refractivity contribution in [3.8, 4) is 11.5 Å². The number of hydrogen-bond donors (Lipinski definition) is 2. The Labute approximate surface area is 215 Å². The first-order valence-electron chi connectivity index (χ1n) is 12.5. The van der Waals surface area contributed by atoms with E-state index in [-0.39, 0.29) is 19.1 Å². The zero-order chi connectivity index (χ0) is 25.8. The second kappa shape index (κ2) is 10.8. The molecule has 1 atom stereocenters. The van der Waals surface area contributed by atoms with Crippen LogP contribution in [0.25, 0.3) is 12.2 Å². The molecule has 0 fully saturated rings. The number of fused-ring (bicyclic) bond motifs is 2. The third-order valence-corrected chi connectivity index (χ3v) is 6.76. The first kappa shape index (κ1) is 24.4. The quantitative estimate of drug-likeness (QED) is 0.404. The highest BCUT2D eigenvalue weighted by atomic mass is 16.5. The van der Waals surface area contributed by atoms with Crippen LogP contribution in [0.5, 0.6) is 11.5 Å². The zero-order valence-electron chi connectivity index (χ0n) is 20.4. The lowest BCUT2D eigenvalue weighted by Gasteiger charge is -2.35. The minimum Gasteiger partial charge on any atom is -0.490 e. The minimum atomic E-state index is -1.05. The van der Waals surface area contributed by atoms with E-state index < -0.39 is 18.0 Å². The van der Waals surface area contributed by atoms with E-state index in [2.05, 4.69) is 24.3 Å². The molecule has 2 aliphatic rings. The summed E-state index contributed by atoms with van der Waals surface area (Å²) in [4.78, 5) is 24.6. The van der Waals surface area contributed by atoms with E-state index in [1.165, 1.54) is 11.1 Å². The lowest BCUT2D eigenvalue weighted by molar-refractivity contribution is -0.145. The van der Waals surface area contributed by atoms with Gasteiger partial charge in [0.2, 0.25) is 6.10 Å². The van der Waals surface area contributed by atoms with Gasteiger partial charge in [0.25, 0.3) is 0 Å². The molecular formula is C30H29NO6. The highest BCUT2D eigenvalue weighted by molar-refractivity contribution is 5.81. The first-order valence-corrected chi connectivity index (χ1v) is 12.5. The number of carbonyl (C=O) groups is 2. The Morgan fingerprint density at radius 1 is 0.946 bits per heavy atom. The molecule has 1 aliphatic carbocycles. The van der Waals surface area contributed by atoms with Gasteiger partial charge in [0.05, 0.1) is 12.2 Å².